The highest BCUT2D eigenvalue weighted by atomic mass is 16.2. The molecule has 3 N–H and O–H groups in total. The van der Waals surface area contributed by atoms with Crippen molar-refractivity contribution < 1.29 is 19.2 Å². The third-order valence-corrected chi connectivity index (χ3v) is 4.60. The molecular formula is C17H20N4O4. The predicted octanol–water partition coefficient (Wildman–Crippen LogP) is -0.476. The Morgan fingerprint density at radius 1 is 1.32 bits per heavy atom. The molecule has 1 unspecified atom stereocenters. The third-order valence-electron chi connectivity index (χ3n) is 4.60. The van der Waals surface area contributed by atoms with E-state index in [9.17, 15) is 19.2 Å². The Morgan fingerprint density at radius 2 is 2.00 bits per heavy atom. The fraction of sp³-hybridized carbons (Fsp3) is 0.412. The Morgan fingerprint density at radius 3 is 2.60 bits per heavy atom. The van der Waals surface area contributed by atoms with Crippen molar-refractivity contribution in [1.29, 1.82) is 0 Å². The second-order valence-corrected chi connectivity index (χ2v) is 6.25. The number of rotatable bonds is 6. The highest BCUT2D eigenvalue weighted by molar-refractivity contribution is 6.23. The highest BCUT2D eigenvalue weighted by Crippen LogP contribution is 2.31. The van der Waals surface area contributed by atoms with Gasteiger partial charge in [-0.1, -0.05) is 0 Å². The molecule has 0 radical (unpaired) electrons. The number of amides is 3. The Kier molecular flexibility index (Phi) is 4.54. The van der Waals surface area contributed by atoms with Crippen LogP contribution in [0.5, 0.6) is 0 Å². The average molecular weight is 344 g/mol. The number of imide groups is 1. The van der Waals surface area contributed by atoms with Crippen LogP contribution in [0.4, 0.5) is 5.69 Å². The van der Waals surface area contributed by atoms with E-state index in [1.54, 1.807) is 18.2 Å². The summed E-state index contributed by atoms with van der Waals surface area (Å²) in [6.45, 7) is 1.40. The summed E-state index contributed by atoms with van der Waals surface area (Å²) in [4.78, 5) is 51.2. The molecule has 0 aromatic heterocycles. The van der Waals surface area contributed by atoms with Crippen molar-refractivity contribution >= 4 is 29.7 Å². The molecular weight excluding hydrogens is 324 g/mol. The zero-order valence-corrected chi connectivity index (χ0v) is 13.9. The lowest BCUT2D eigenvalue weighted by Gasteiger charge is -2.38. The van der Waals surface area contributed by atoms with E-state index in [0.717, 1.165) is 10.6 Å². The summed E-state index contributed by atoms with van der Waals surface area (Å²) in [7, 11) is 1.43. The van der Waals surface area contributed by atoms with E-state index in [-0.39, 0.29) is 30.0 Å². The molecule has 25 heavy (non-hydrogen) atoms. The lowest BCUT2D eigenvalue weighted by molar-refractivity contribution is -0.124. The summed E-state index contributed by atoms with van der Waals surface area (Å²) < 4.78 is 0. The van der Waals surface area contributed by atoms with E-state index in [2.05, 4.69) is 5.32 Å². The Hall–Kier alpha value is -2.74. The average Bonchev–Trinajstić information content (AvgIpc) is 2.83. The van der Waals surface area contributed by atoms with Gasteiger partial charge >= 0.3 is 0 Å². The molecule has 1 fully saturated rings. The fourth-order valence-electron chi connectivity index (χ4n) is 3.22. The van der Waals surface area contributed by atoms with E-state index in [4.69, 9.17) is 5.73 Å². The van der Waals surface area contributed by atoms with Crippen molar-refractivity contribution in [1.82, 2.24) is 10.2 Å². The van der Waals surface area contributed by atoms with Crippen molar-refractivity contribution in [2.75, 3.05) is 25.0 Å². The third kappa shape index (κ3) is 2.89. The van der Waals surface area contributed by atoms with Gasteiger partial charge in [0.05, 0.1) is 11.1 Å². The van der Waals surface area contributed by atoms with Gasteiger partial charge in [-0.2, -0.15) is 0 Å². The standard InChI is InChI=1S/C17H20N4O4/c1-19-15(23)14(3-2-6-22)21-16(24)12-5-4-11(7-13(12)17(21)25)20-8-10(18)9-20/h4-7,10,14H,2-3,8-9,18H2,1H3,(H,19,23). The molecule has 2 aliphatic heterocycles. The van der Waals surface area contributed by atoms with Gasteiger partial charge in [-0.25, -0.2) is 0 Å². The number of carbonyl (C=O) groups excluding carboxylic acids is 4. The van der Waals surface area contributed by atoms with E-state index in [1.807, 2.05) is 4.90 Å². The number of hydrogen-bond donors (Lipinski definition) is 2. The quantitative estimate of drug-likeness (QED) is 0.533. The number of nitrogens with two attached hydrogens (primary N) is 1. The largest absolute Gasteiger partial charge is 0.368 e. The summed E-state index contributed by atoms with van der Waals surface area (Å²) in [6.07, 6.45) is 0.851. The number of aldehydes is 1. The van der Waals surface area contributed by atoms with Crippen LogP contribution < -0.4 is 16.0 Å². The number of hydrogen-bond acceptors (Lipinski definition) is 6. The van der Waals surface area contributed by atoms with Crippen LogP contribution in [0.25, 0.3) is 0 Å². The van der Waals surface area contributed by atoms with Gasteiger partial charge in [-0.15, -0.1) is 0 Å². The number of likely N-dealkylation sites (N-methyl/N-ethyl adjacent to an activating group) is 1. The van der Waals surface area contributed by atoms with E-state index >= 15 is 0 Å². The fourth-order valence-corrected chi connectivity index (χ4v) is 3.22. The topological polar surface area (TPSA) is 113 Å². The molecule has 8 heteroatoms. The molecule has 0 aliphatic carbocycles. The summed E-state index contributed by atoms with van der Waals surface area (Å²) in [5, 5.41) is 2.45. The van der Waals surface area contributed by atoms with Crippen molar-refractivity contribution in [3.63, 3.8) is 0 Å². The van der Waals surface area contributed by atoms with Crippen molar-refractivity contribution in [2.24, 2.45) is 5.73 Å². The van der Waals surface area contributed by atoms with Crippen LogP contribution in [-0.2, 0) is 9.59 Å². The monoisotopic (exact) mass is 344 g/mol. The van der Waals surface area contributed by atoms with E-state index < -0.39 is 23.8 Å². The van der Waals surface area contributed by atoms with Gasteiger partial charge in [-0.3, -0.25) is 19.3 Å². The van der Waals surface area contributed by atoms with Gasteiger partial charge in [0.15, 0.2) is 0 Å². The van der Waals surface area contributed by atoms with E-state index in [1.165, 1.54) is 7.05 Å². The second-order valence-electron chi connectivity index (χ2n) is 6.25. The maximum atomic E-state index is 12.8. The van der Waals surface area contributed by atoms with Gasteiger partial charge in [0.25, 0.3) is 11.8 Å². The second kappa shape index (κ2) is 6.64. The Bertz CT molecular complexity index is 742. The van der Waals surface area contributed by atoms with Gasteiger partial charge < -0.3 is 20.7 Å². The minimum atomic E-state index is -0.997. The molecule has 2 heterocycles. The lowest BCUT2D eigenvalue weighted by Crippen LogP contribution is -2.55. The van der Waals surface area contributed by atoms with Crippen molar-refractivity contribution in [3.8, 4) is 0 Å². The highest BCUT2D eigenvalue weighted by Gasteiger charge is 2.42. The van der Waals surface area contributed by atoms with Crippen LogP contribution in [0.15, 0.2) is 18.2 Å². The van der Waals surface area contributed by atoms with Crippen molar-refractivity contribution in [3.05, 3.63) is 29.3 Å². The molecule has 2 aliphatic rings. The van der Waals surface area contributed by atoms with Crippen LogP contribution >= 0.6 is 0 Å². The SMILES string of the molecule is CNC(=O)C(CCC=O)N1C(=O)c2ccc(N3CC(N)C3)cc2C1=O. The summed E-state index contributed by atoms with van der Waals surface area (Å²) in [6, 6.07) is 4.17. The molecule has 3 amide bonds. The number of anilines is 1. The maximum Gasteiger partial charge on any atom is 0.262 e. The summed E-state index contributed by atoms with van der Waals surface area (Å²) in [5.74, 6) is -1.48. The van der Waals surface area contributed by atoms with Gasteiger partial charge in [0.1, 0.15) is 12.3 Å². The smallest absolute Gasteiger partial charge is 0.262 e. The minimum Gasteiger partial charge on any atom is -0.368 e. The van der Waals surface area contributed by atoms with Gasteiger partial charge in [0, 0.05) is 38.3 Å². The first-order chi connectivity index (χ1) is 12.0. The molecule has 1 saturated heterocycles. The molecule has 1 aromatic rings. The number of nitrogens with one attached hydrogen (secondary N) is 1. The first kappa shape index (κ1) is 17.1. The summed E-state index contributed by atoms with van der Waals surface area (Å²) in [5.41, 5.74) is 7.17. The maximum absolute atomic E-state index is 12.8. The van der Waals surface area contributed by atoms with Crippen LogP contribution in [0.2, 0.25) is 0 Å². The predicted molar refractivity (Wildman–Crippen MR) is 90.3 cm³/mol. The van der Waals surface area contributed by atoms with Crippen LogP contribution in [0.1, 0.15) is 33.6 Å². The number of benzene rings is 1. The number of carbonyl (C=O) groups is 4. The normalized spacial score (nSPS) is 18.0. The first-order valence-corrected chi connectivity index (χ1v) is 8.15. The molecule has 132 valence electrons. The van der Waals surface area contributed by atoms with Crippen LogP contribution in [0.3, 0.4) is 0 Å². The molecule has 1 atom stereocenters. The molecule has 0 bridgehead atoms. The molecule has 3 rings (SSSR count). The number of fused-ring (bicyclic) bond motifs is 1. The number of nitrogens with zero attached hydrogens (tertiary/aromatic N) is 2. The van der Waals surface area contributed by atoms with Crippen LogP contribution in [-0.4, -0.2) is 61.1 Å². The molecule has 8 nitrogen and oxygen atoms in total. The zero-order valence-electron chi connectivity index (χ0n) is 13.9. The zero-order chi connectivity index (χ0) is 18.1. The van der Waals surface area contributed by atoms with Crippen LogP contribution in [0, 0.1) is 0 Å². The minimum absolute atomic E-state index is 0.0857. The van der Waals surface area contributed by atoms with Gasteiger partial charge in [0.2, 0.25) is 5.91 Å². The molecule has 1 aromatic carbocycles. The summed E-state index contributed by atoms with van der Waals surface area (Å²) >= 11 is 0. The lowest BCUT2D eigenvalue weighted by atomic mass is 10.0. The Labute approximate surface area is 144 Å². The first-order valence-electron chi connectivity index (χ1n) is 8.15. The van der Waals surface area contributed by atoms with E-state index in [0.29, 0.717) is 19.4 Å². The van der Waals surface area contributed by atoms with Crippen molar-refractivity contribution in [2.45, 2.75) is 24.9 Å². The Balaban J connectivity index is 1.90. The molecule has 0 spiro atoms. The van der Waals surface area contributed by atoms with Gasteiger partial charge in [-0.05, 0) is 24.6 Å². The molecule has 0 saturated carbocycles.